The summed E-state index contributed by atoms with van der Waals surface area (Å²) in [6.07, 6.45) is 0.815. The van der Waals surface area contributed by atoms with Crippen LogP contribution in [0.25, 0.3) is 11.0 Å². The van der Waals surface area contributed by atoms with E-state index in [4.69, 9.17) is 9.15 Å². The van der Waals surface area contributed by atoms with Crippen molar-refractivity contribution in [1.82, 2.24) is 4.90 Å². The molecule has 0 N–H and O–H groups in total. The number of carbonyl (C=O) groups is 1. The second kappa shape index (κ2) is 6.67. The molecule has 0 radical (unpaired) electrons. The summed E-state index contributed by atoms with van der Waals surface area (Å²) >= 11 is 0. The zero-order valence-corrected chi connectivity index (χ0v) is 14.5. The Morgan fingerprint density at radius 3 is 2.77 bits per heavy atom. The van der Waals surface area contributed by atoms with Gasteiger partial charge < -0.3 is 14.1 Å². The van der Waals surface area contributed by atoms with Crippen LogP contribution in [0.2, 0.25) is 0 Å². The van der Waals surface area contributed by atoms with Crippen molar-refractivity contribution < 1.29 is 13.9 Å². The standard InChI is InChI=1S/C21H19NO4/c1-2-25-16-7-8-17-18(12-20(23)26-19(17)11-16)21(24)22-10-9-14-5-3-4-6-15(14)13-22/h3-8,11-12H,2,9-10,13H2,1H3. The highest BCUT2D eigenvalue weighted by molar-refractivity contribution is 6.05. The molecule has 0 fully saturated rings. The first-order chi connectivity index (χ1) is 12.7. The molecule has 1 aliphatic heterocycles. The molecule has 1 aliphatic rings. The molecule has 0 saturated heterocycles. The van der Waals surface area contributed by atoms with Crippen LogP contribution in [0, 0.1) is 0 Å². The molecule has 26 heavy (non-hydrogen) atoms. The maximum absolute atomic E-state index is 13.1. The SMILES string of the molecule is CCOc1ccc2c(C(=O)N3CCc4ccccc4C3)cc(=O)oc2c1. The Kier molecular flexibility index (Phi) is 4.21. The molecule has 5 nitrogen and oxygen atoms in total. The van der Waals surface area contributed by atoms with E-state index in [1.807, 2.05) is 25.1 Å². The first kappa shape index (κ1) is 16.4. The Balaban J connectivity index is 1.72. The number of benzene rings is 2. The highest BCUT2D eigenvalue weighted by Crippen LogP contribution is 2.26. The molecule has 5 heteroatoms. The number of hydrogen-bond acceptors (Lipinski definition) is 4. The van der Waals surface area contributed by atoms with Crippen LogP contribution in [0.5, 0.6) is 5.75 Å². The predicted octanol–water partition coefficient (Wildman–Crippen LogP) is 3.39. The molecule has 0 saturated carbocycles. The average Bonchev–Trinajstić information content (AvgIpc) is 2.66. The van der Waals surface area contributed by atoms with Crippen LogP contribution < -0.4 is 10.4 Å². The molecule has 0 unspecified atom stereocenters. The summed E-state index contributed by atoms with van der Waals surface area (Å²) < 4.78 is 10.7. The molecule has 1 aromatic heterocycles. The third kappa shape index (κ3) is 2.96. The topological polar surface area (TPSA) is 59.8 Å². The van der Waals surface area contributed by atoms with Gasteiger partial charge in [-0.1, -0.05) is 24.3 Å². The molecule has 2 heterocycles. The van der Waals surface area contributed by atoms with E-state index < -0.39 is 5.63 Å². The highest BCUT2D eigenvalue weighted by Gasteiger charge is 2.24. The molecule has 4 rings (SSSR count). The minimum absolute atomic E-state index is 0.151. The third-order valence-corrected chi connectivity index (χ3v) is 4.68. The second-order valence-electron chi connectivity index (χ2n) is 6.32. The van der Waals surface area contributed by atoms with E-state index in [1.165, 1.54) is 11.6 Å². The summed E-state index contributed by atoms with van der Waals surface area (Å²) in [5, 5.41) is 0.622. The van der Waals surface area contributed by atoms with Crippen molar-refractivity contribution in [1.29, 1.82) is 0 Å². The fourth-order valence-corrected chi connectivity index (χ4v) is 3.42. The number of ether oxygens (including phenoxy) is 1. The minimum Gasteiger partial charge on any atom is -0.494 e. The minimum atomic E-state index is -0.535. The van der Waals surface area contributed by atoms with Gasteiger partial charge in [0.15, 0.2) is 0 Å². The van der Waals surface area contributed by atoms with Crippen LogP contribution in [-0.4, -0.2) is 24.0 Å². The fraction of sp³-hybridized carbons (Fsp3) is 0.238. The van der Waals surface area contributed by atoms with E-state index >= 15 is 0 Å². The number of fused-ring (bicyclic) bond motifs is 2. The van der Waals surface area contributed by atoms with Gasteiger partial charge in [0.25, 0.3) is 5.91 Å². The molecule has 2 aromatic carbocycles. The van der Waals surface area contributed by atoms with Crippen molar-refractivity contribution in [2.45, 2.75) is 19.9 Å². The molecule has 0 bridgehead atoms. The third-order valence-electron chi connectivity index (χ3n) is 4.68. The van der Waals surface area contributed by atoms with Crippen molar-refractivity contribution in [3.8, 4) is 5.75 Å². The molecule has 132 valence electrons. The zero-order valence-electron chi connectivity index (χ0n) is 14.5. The van der Waals surface area contributed by atoms with Gasteiger partial charge in [0.05, 0.1) is 12.2 Å². The highest BCUT2D eigenvalue weighted by atomic mass is 16.5. The monoisotopic (exact) mass is 349 g/mol. The van der Waals surface area contributed by atoms with Crippen molar-refractivity contribution in [2.24, 2.45) is 0 Å². The second-order valence-corrected chi connectivity index (χ2v) is 6.32. The van der Waals surface area contributed by atoms with Crippen LogP contribution >= 0.6 is 0 Å². The number of rotatable bonds is 3. The Labute approximate surface area is 150 Å². The van der Waals surface area contributed by atoms with Gasteiger partial charge in [-0.3, -0.25) is 4.79 Å². The largest absolute Gasteiger partial charge is 0.494 e. The lowest BCUT2D eigenvalue weighted by Gasteiger charge is -2.29. The van der Waals surface area contributed by atoms with Crippen LogP contribution in [0.15, 0.2) is 57.7 Å². The van der Waals surface area contributed by atoms with Gasteiger partial charge in [0.1, 0.15) is 11.3 Å². The molecule has 1 amide bonds. The van der Waals surface area contributed by atoms with Gasteiger partial charge in [-0.05, 0) is 36.6 Å². The van der Waals surface area contributed by atoms with E-state index in [9.17, 15) is 9.59 Å². The lowest BCUT2D eigenvalue weighted by atomic mass is 9.99. The van der Waals surface area contributed by atoms with Crippen LogP contribution in [0.4, 0.5) is 0 Å². The molecular formula is C21H19NO4. The van der Waals surface area contributed by atoms with Crippen LogP contribution in [-0.2, 0) is 13.0 Å². The van der Waals surface area contributed by atoms with Gasteiger partial charge in [-0.2, -0.15) is 0 Å². The zero-order chi connectivity index (χ0) is 18.1. The smallest absolute Gasteiger partial charge is 0.337 e. The van der Waals surface area contributed by atoms with Crippen molar-refractivity contribution in [3.63, 3.8) is 0 Å². The summed E-state index contributed by atoms with van der Waals surface area (Å²) in [4.78, 5) is 26.9. The van der Waals surface area contributed by atoms with Gasteiger partial charge in [0.2, 0.25) is 0 Å². The van der Waals surface area contributed by atoms with E-state index in [2.05, 4.69) is 6.07 Å². The van der Waals surface area contributed by atoms with E-state index in [0.29, 0.717) is 42.0 Å². The summed E-state index contributed by atoms with van der Waals surface area (Å²) in [5.41, 5.74) is 2.63. The number of amides is 1. The summed E-state index contributed by atoms with van der Waals surface area (Å²) in [6.45, 7) is 3.58. The van der Waals surface area contributed by atoms with E-state index in [1.54, 1.807) is 23.1 Å². The number of nitrogens with zero attached hydrogens (tertiary/aromatic N) is 1. The molecular weight excluding hydrogens is 330 g/mol. The first-order valence-electron chi connectivity index (χ1n) is 8.72. The van der Waals surface area contributed by atoms with Crippen molar-refractivity contribution in [3.05, 3.63) is 75.6 Å². The van der Waals surface area contributed by atoms with E-state index in [0.717, 1.165) is 12.0 Å². The molecule has 0 atom stereocenters. The number of hydrogen-bond donors (Lipinski definition) is 0. The molecule has 0 aliphatic carbocycles. The van der Waals surface area contributed by atoms with Crippen molar-refractivity contribution >= 4 is 16.9 Å². The Hall–Kier alpha value is -3.08. The molecule has 0 spiro atoms. The quantitative estimate of drug-likeness (QED) is 0.680. The summed E-state index contributed by atoms with van der Waals surface area (Å²) in [7, 11) is 0. The first-order valence-corrected chi connectivity index (χ1v) is 8.72. The Morgan fingerprint density at radius 1 is 1.15 bits per heavy atom. The lowest BCUT2D eigenvalue weighted by Crippen LogP contribution is -2.36. The normalized spacial score (nSPS) is 13.5. The van der Waals surface area contributed by atoms with Crippen LogP contribution in [0.3, 0.4) is 0 Å². The lowest BCUT2D eigenvalue weighted by molar-refractivity contribution is 0.0736. The van der Waals surface area contributed by atoms with Crippen molar-refractivity contribution in [2.75, 3.05) is 13.2 Å². The van der Waals surface area contributed by atoms with Gasteiger partial charge in [-0.25, -0.2) is 4.79 Å². The van der Waals surface area contributed by atoms with Gasteiger partial charge in [0, 0.05) is 30.6 Å². The maximum atomic E-state index is 13.1. The van der Waals surface area contributed by atoms with Gasteiger partial charge >= 0.3 is 5.63 Å². The number of carbonyl (C=O) groups excluding carboxylic acids is 1. The Morgan fingerprint density at radius 2 is 1.96 bits per heavy atom. The van der Waals surface area contributed by atoms with E-state index in [-0.39, 0.29) is 5.91 Å². The summed E-state index contributed by atoms with van der Waals surface area (Å²) in [6, 6.07) is 14.6. The maximum Gasteiger partial charge on any atom is 0.337 e. The average molecular weight is 349 g/mol. The Bertz CT molecular complexity index is 1040. The predicted molar refractivity (Wildman–Crippen MR) is 98.5 cm³/mol. The summed E-state index contributed by atoms with van der Waals surface area (Å²) in [5.74, 6) is 0.459. The fourth-order valence-electron chi connectivity index (χ4n) is 3.42. The van der Waals surface area contributed by atoms with Gasteiger partial charge in [-0.15, -0.1) is 0 Å². The van der Waals surface area contributed by atoms with Crippen LogP contribution in [0.1, 0.15) is 28.4 Å². The molecule has 3 aromatic rings.